The standard InChI is InChI=1S/C18H16O3.C17H14O2.CH4/c1-2-11-9-13-5-8-15(20)10-16(13)17(11)18(21)12-3-6-14(19)7-4-12;1-11-10-13-4-2-3-5-15(13)16(11)17(19)12-6-8-14(18)9-7-12;/h3-8,10,19-20H,2,9H2,1H3;2-9,18H,10H2,1H3;1H4. The molecule has 0 saturated heterocycles. The van der Waals surface area contributed by atoms with Gasteiger partial charge in [0.1, 0.15) is 17.2 Å². The van der Waals surface area contributed by atoms with E-state index in [9.17, 15) is 24.9 Å². The number of phenols is 3. The molecule has 0 bridgehead atoms. The maximum Gasteiger partial charge on any atom is 0.193 e. The Morgan fingerprint density at radius 3 is 1.73 bits per heavy atom. The number of fused-ring (bicyclic) bond motifs is 2. The second kappa shape index (κ2) is 12.1. The van der Waals surface area contributed by atoms with E-state index >= 15 is 0 Å². The van der Waals surface area contributed by atoms with Gasteiger partial charge in [-0.15, -0.1) is 0 Å². The first-order chi connectivity index (χ1) is 19.3. The van der Waals surface area contributed by atoms with Gasteiger partial charge in [-0.3, -0.25) is 9.59 Å². The SMILES string of the molecule is C.CC1=C(C(=O)c2ccc(O)cc2)c2ccccc2C1.CCC1=C(C(=O)c2ccc(O)cc2)c2cc(O)ccc2C1. The van der Waals surface area contributed by atoms with Crippen LogP contribution in [0.3, 0.4) is 0 Å². The van der Waals surface area contributed by atoms with Crippen molar-refractivity contribution >= 4 is 22.7 Å². The van der Waals surface area contributed by atoms with Gasteiger partial charge in [0.05, 0.1) is 0 Å². The molecular formula is C36H34O5. The number of phenolic OH excluding ortho intramolecular Hbond substituents is 3. The molecule has 5 heteroatoms. The molecule has 0 unspecified atom stereocenters. The molecule has 0 saturated carbocycles. The van der Waals surface area contributed by atoms with Crippen molar-refractivity contribution in [1.29, 1.82) is 0 Å². The first-order valence-corrected chi connectivity index (χ1v) is 13.3. The average Bonchev–Trinajstić information content (AvgIpc) is 3.49. The topological polar surface area (TPSA) is 94.8 Å². The highest BCUT2D eigenvalue weighted by atomic mass is 16.3. The minimum absolute atomic E-state index is 0. The first kappa shape index (κ1) is 29.1. The zero-order chi connectivity index (χ0) is 28.4. The van der Waals surface area contributed by atoms with E-state index in [0.29, 0.717) is 16.7 Å². The molecule has 3 N–H and O–H groups in total. The van der Waals surface area contributed by atoms with Crippen LogP contribution in [0.25, 0.3) is 11.1 Å². The van der Waals surface area contributed by atoms with E-state index in [-0.39, 0.29) is 36.2 Å². The molecule has 5 nitrogen and oxygen atoms in total. The van der Waals surface area contributed by atoms with Gasteiger partial charge in [0.15, 0.2) is 11.6 Å². The normalized spacial score (nSPS) is 13.1. The summed E-state index contributed by atoms with van der Waals surface area (Å²) in [5, 5.41) is 28.3. The van der Waals surface area contributed by atoms with Gasteiger partial charge in [-0.25, -0.2) is 0 Å². The summed E-state index contributed by atoms with van der Waals surface area (Å²) < 4.78 is 0. The molecule has 208 valence electrons. The zero-order valence-electron chi connectivity index (χ0n) is 22.4. The van der Waals surface area contributed by atoms with Crippen molar-refractivity contribution in [3.05, 3.63) is 136 Å². The quantitative estimate of drug-likeness (QED) is 0.221. The summed E-state index contributed by atoms with van der Waals surface area (Å²) >= 11 is 0. The Hall–Kier alpha value is -4.90. The lowest BCUT2D eigenvalue weighted by molar-refractivity contribution is 0.104. The Bertz CT molecular complexity index is 1670. The van der Waals surface area contributed by atoms with Crippen LogP contribution in [-0.2, 0) is 12.8 Å². The van der Waals surface area contributed by atoms with Gasteiger partial charge in [-0.05, 0) is 109 Å². The Labute approximate surface area is 240 Å². The minimum atomic E-state index is -0.0591. The third-order valence-electron chi connectivity index (χ3n) is 7.43. The van der Waals surface area contributed by atoms with Crippen molar-refractivity contribution in [2.75, 3.05) is 0 Å². The van der Waals surface area contributed by atoms with E-state index < -0.39 is 0 Å². The van der Waals surface area contributed by atoms with Crippen LogP contribution in [0.15, 0.2) is 102 Å². The molecule has 0 amide bonds. The van der Waals surface area contributed by atoms with Gasteiger partial charge in [0, 0.05) is 22.3 Å². The van der Waals surface area contributed by atoms with Gasteiger partial charge < -0.3 is 15.3 Å². The summed E-state index contributed by atoms with van der Waals surface area (Å²) in [6.07, 6.45) is 2.40. The number of carbonyl (C=O) groups is 2. The van der Waals surface area contributed by atoms with Crippen molar-refractivity contribution in [3.8, 4) is 17.2 Å². The van der Waals surface area contributed by atoms with Crippen molar-refractivity contribution in [1.82, 2.24) is 0 Å². The lowest BCUT2D eigenvalue weighted by atomic mass is 9.95. The number of benzene rings is 4. The number of rotatable bonds is 5. The Kier molecular flexibility index (Phi) is 8.58. The summed E-state index contributed by atoms with van der Waals surface area (Å²) in [7, 11) is 0. The summed E-state index contributed by atoms with van der Waals surface area (Å²) in [6.45, 7) is 4.04. The van der Waals surface area contributed by atoms with Crippen LogP contribution < -0.4 is 0 Å². The molecule has 2 aliphatic rings. The van der Waals surface area contributed by atoms with Crippen LogP contribution in [0.2, 0.25) is 0 Å². The van der Waals surface area contributed by atoms with Crippen molar-refractivity contribution < 1.29 is 24.9 Å². The second-order valence-electron chi connectivity index (χ2n) is 10.1. The second-order valence-corrected chi connectivity index (χ2v) is 10.1. The molecule has 6 rings (SSSR count). The fraction of sp³-hybridized carbons (Fsp3) is 0.167. The van der Waals surface area contributed by atoms with Gasteiger partial charge >= 0.3 is 0 Å². The molecule has 0 atom stereocenters. The van der Waals surface area contributed by atoms with E-state index in [1.807, 2.05) is 38.1 Å². The molecule has 2 aliphatic carbocycles. The summed E-state index contributed by atoms with van der Waals surface area (Å²) in [5.74, 6) is 0.454. The fourth-order valence-electron chi connectivity index (χ4n) is 5.40. The monoisotopic (exact) mass is 546 g/mol. The van der Waals surface area contributed by atoms with Crippen molar-refractivity contribution in [3.63, 3.8) is 0 Å². The molecule has 0 fully saturated rings. The largest absolute Gasteiger partial charge is 0.508 e. The van der Waals surface area contributed by atoms with Crippen LogP contribution in [0.5, 0.6) is 17.2 Å². The smallest absolute Gasteiger partial charge is 0.193 e. The highest BCUT2D eigenvalue weighted by Gasteiger charge is 2.27. The Morgan fingerprint density at radius 1 is 0.634 bits per heavy atom. The zero-order valence-corrected chi connectivity index (χ0v) is 22.4. The highest BCUT2D eigenvalue weighted by Crippen LogP contribution is 2.38. The van der Waals surface area contributed by atoms with Gasteiger partial charge in [-0.2, -0.15) is 0 Å². The summed E-state index contributed by atoms with van der Waals surface area (Å²) in [4.78, 5) is 25.4. The molecule has 0 heterocycles. The van der Waals surface area contributed by atoms with Crippen LogP contribution >= 0.6 is 0 Å². The van der Waals surface area contributed by atoms with E-state index in [2.05, 4.69) is 6.07 Å². The van der Waals surface area contributed by atoms with Crippen molar-refractivity contribution in [2.24, 2.45) is 0 Å². The summed E-state index contributed by atoms with van der Waals surface area (Å²) in [6, 6.07) is 25.9. The van der Waals surface area contributed by atoms with E-state index in [0.717, 1.165) is 52.7 Å². The first-order valence-electron chi connectivity index (χ1n) is 13.3. The number of aromatic hydroxyl groups is 3. The number of hydrogen-bond donors (Lipinski definition) is 3. The lowest BCUT2D eigenvalue weighted by Crippen LogP contribution is -2.03. The highest BCUT2D eigenvalue weighted by molar-refractivity contribution is 6.31. The van der Waals surface area contributed by atoms with Gasteiger partial charge in [0.2, 0.25) is 0 Å². The Balaban J connectivity index is 0.000000185. The maximum absolute atomic E-state index is 12.8. The molecule has 4 aromatic carbocycles. The van der Waals surface area contributed by atoms with Crippen LogP contribution in [-0.4, -0.2) is 26.9 Å². The van der Waals surface area contributed by atoms with Crippen LogP contribution in [0, 0.1) is 0 Å². The van der Waals surface area contributed by atoms with Crippen LogP contribution in [0.1, 0.15) is 70.7 Å². The fourth-order valence-corrected chi connectivity index (χ4v) is 5.40. The molecule has 41 heavy (non-hydrogen) atoms. The van der Waals surface area contributed by atoms with Gasteiger partial charge in [0.25, 0.3) is 0 Å². The number of allylic oxidation sites excluding steroid dienone is 4. The predicted octanol–water partition coefficient (Wildman–Crippen LogP) is 7.94. The van der Waals surface area contributed by atoms with E-state index in [1.165, 1.54) is 17.7 Å². The van der Waals surface area contributed by atoms with E-state index in [1.54, 1.807) is 48.5 Å². The van der Waals surface area contributed by atoms with Gasteiger partial charge in [-0.1, -0.05) is 55.8 Å². The number of Topliss-reactive ketones (excluding diaryl/α,β-unsaturated/α-hetero) is 2. The molecular weight excluding hydrogens is 512 g/mol. The van der Waals surface area contributed by atoms with Crippen molar-refractivity contribution in [2.45, 2.75) is 40.5 Å². The number of carbonyl (C=O) groups excluding carboxylic acids is 2. The molecule has 0 aromatic heterocycles. The molecule has 4 aromatic rings. The van der Waals surface area contributed by atoms with Crippen LogP contribution in [0.4, 0.5) is 0 Å². The predicted molar refractivity (Wildman–Crippen MR) is 163 cm³/mol. The lowest BCUT2D eigenvalue weighted by Gasteiger charge is -2.07. The third-order valence-corrected chi connectivity index (χ3v) is 7.43. The number of ketones is 2. The Morgan fingerprint density at radius 2 is 1.15 bits per heavy atom. The number of hydrogen-bond acceptors (Lipinski definition) is 5. The molecule has 0 spiro atoms. The third kappa shape index (κ3) is 5.85. The molecule has 0 aliphatic heterocycles. The molecule has 0 radical (unpaired) electrons. The maximum atomic E-state index is 12.8. The van der Waals surface area contributed by atoms with E-state index in [4.69, 9.17) is 0 Å². The average molecular weight is 547 g/mol. The summed E-state index contributed by atoms with van der Waals surface area (Å²) in [5.41, 5.74) is 9.01. The minimum Gasteiger partial charge on any atom is -0.508 e.